The highest BCUT2D eigenvalue weighted by Gasteiger charge is 2.18. The molecule has 0 spiro atoms. The Balaban J connectivity index is 2.06. The fraction of sp³-hybridized carbons (Fsp3) is 0.643. The molecule has 0 amide bonds. The van der Waals surface area contributed by atoms with Gasteiger partial charge in [0.25, 0.3) is 0 Å². The Morgan fingerprint density at radius 1 is 1.16 bits per heavy atom. The number of nitrogens with zero attached hydrogens (tertiary/aromatic N) is 3. The van der Waals surface area contributed by atoms with Crippen LogP contribution in [0.2, 0.25) is 0 Å². The number of piperazine rings is 1. The minimum atomic E-state index is 0.0625. The molecule has 2 rings (SSSR count). The maximum absolute atomic E-state index is 9.31. The highest BCUT2D eigenvalue weighted by Crippen LogP contribution is 2.17. The molecular formula is C14H23N3O2. The fourth-order valence-electron chi connectivity index (χ4n) is 2.41. The second-order valence-corrected chi connectivity index (χ2v) is 4.89. The summed E-state index contributed by atoms with van der Waals surface area (Å²) in [6.07, 6.45) is 0.880. The molecule has 0 saturated carbocycles. The molecule has 0 aliphatic carbocycles. The third kappa shape index (κ3) is 3.65. The van der Waals surface area contributed by atoms with E-state index in [1.165, 1.54) is 0 Å². The van der Waals surface area contributed by atoms with Gasteiger partial charge in [0.05, 0.1) is 13.2 Å². The van der Waals surface area contributed by atoms with Crippen molar-refractivity contribution in [2.75, 3.05) is 44.2 Å². The van der Waals surface area contributed by atoms with E-state index < -0.39 is 0 Å². The van der Waals surface area contributed by atoms with Crippen LogP contribution in [0.3, 0.4) is 0 Å². The molecule has 5 nitrogen and oxygen atoms in total. The summed E-state index contributed by atoms with van der Waals surface area (Å²) in [4.78, 5) is 9.15. The number of aromatic nitrogens is 1. The van der Waals surface area contributed by atoms with Gasteiger partial charge < -0.3 is 15.1 Å². The molecule has 2 N–H and O–H groups in total. The van der Waals surface area contributed by atoms with Gasteiger partial charge in [-0.15, -0.1) is 0 Å². The highest BCUT2D eigenvalue weighted by atomic mass is 16.3. The Morgan fingerprint density at radius 3 is 2.47 bits per heavy atom. The topological polar surface area (TPSA) is 59.8 Å². The summed E-state index contributed by atoms with van der Waals surface area (Å²) >= 11 is 0. The molecule has 2 heterocycles. The van der Waals surface area contributed by atoms with Gasteiger partial charge in [-0.3, -0.25) is 4.90 Å². The third-order valence-electron chi connectivity index (χ3n) is 3.58. The molecule has 0 unspecified atom stereocenters. The second-order valence-electron chi connectivity index (χ2n) is 4.89. The standard InChI is InChI=1S/C14H23N3O2/c1-2-13-9-12(11-19)10-14(15-13)17-5-3-16(4-6-17)7-8-18/h9-10,18-19H,2-8,11H2,1H3. The monoisotopic (exact) mass is 265 g/mol. The van der Waals surface area contributed by atoms with Crippen molar-refractivity contribution in [3.63, 3.8) is 0 Å². The van der Waals surface area contributed by atoms with E-state index in [2.05, 4.69) is 21.7 Å². The van der Waals surface area contributed by atoms with E-state index in [0.717, 1.165) is 56.2 Å². The van der Waals surface area contributed by atoms with Crippen molar-refractivity contribution in [2.24, 2.45) is 0 Å². The minimum Gasteiger partial charge on any atom is -0.395 e. The van der Waals surface area contributed by atoms with Crippen molar-refractivity contribution >= 4 is 5.82 Å². The van der Waals surface area contributed by atoms with Crippen LogP contribution in [0.4, 0.5) is 5.82 Å². The predicted octanol–water partition coefficient (Wildman–Crippen LogP) is 0.251. The molecule has 5 heteroatoms. The summed E-state index contributed by atoms with van der Waals surface area (Å²) in [5.41, 5.74) is 1.96. The second kappa shape index (κ2) is 6.84. The van der Waals surface area contributed by atoms with Gasteiger partial charge in [0.1, 0.15) is 5.82 Å². The summed E-state index contributed by atoms with van der Waals surface area (Å²) in [5.74, 6) is 0.965. The van der Waals surface area contributed by atoms with Gasteiger partial charge in [-0.1, -0.05) is 6.92 Å². The lowest BCUT2D eigenvalue weighted by atomic mass is 10.2. The van der Waals surface area contributed by atoms with Crippen molar-refractivity contribution in [1.82, 2.24) is 9.88 Å². The molecule has 19 heavy (non-hydrogen) atoms. The first-order chi connectivity index (χ1) is 9.26. The summed E-state index contributed by atoms with van der Waals surface area (Å²) in [5, 5.41) is 18.3. The first-order valence-corrected chi connectivity index (χ1v) is 6.95. The number of hydrogen-bond donors (Lipinski definition) is 2. The molecule has 106 valence electrons. The van der Waals surface area contributed by atoms with Gasteiger partial charge in [-0.05, 0) is 24.1 Å². The van der Waals surface area contributed by atoms with Gasteiger partial charge in [-0.25, -0.2) is 4.98 Å². The predicted molar refractivity (Wildman–Crippen MR) is 75.3 cm³/mol. The number of aryl methyl sites for hydroxylation is 1. The first-order valence-electron chi connectivity index (χ1n) is 6.95. The lowest BCUT2D eigenvalue weighted by Crippen LogP contribution is -2.47. The van der Waals surface area contributed by atoms with Crippen LogP contribution in [-0.2, 0) is 13.0 Å². The Morgan fingerprint density at radius 2 is 1.89 bits per heavy atom. The SMILES string of the molecule is CCc1cc(CO)cc(N2CCN(CCO)CC2)n1. The van der Waals surface area contributed by atoms with Crippen molar-refractivity contribution < 1.29 is 10.2 Å². The van der Waals surface area contributed by atoms with E-state index in [4.69, 9.17) is 5.11 Å². The van der Waals surface area contributed by atoms with Crippen LogP contribution < -0.4 is 4.90 Å². The zero-order valence-electron chi connectivity index (χ0n) is 11.5. The molecule has 1 aliphatic rings. The summed E-state index contributed by atoms with van der Waals surface area (Å²) in [7, 11) is 0. The smallest absolute Gasteiger partial charge is 0.129 e. The quantitative estimate of drug-likeness (QED) is 0.799. The van der Waals surface area contributed by atoms with Crippen LogP contribution in [0.15, 0.2) is 12.1 Å². The van der Waals surface area contributed by atoms with Gasteiger partial charge in [0.15, 0.2) is 0 Å². The minimum absolute atomic E-state index is 0.0625. The van der Waals surface area contributed by atoms with E-state index in [0.29, 0.717) is 0 Å². The van der Waals surface area contributed by atoms with Gasteiger partial charge in [-0.2, -0.15) is 0 Å². The van der Waals surface area contributed by atoms with Crippen molar-refractivity contribution in [1.29, 1.82) is 0 Å². The largest absolute Gasteiger partial charge is 0.395 e. The normalized spacial score (nSPS) is 16.9. The average Bonchev–Trinajstić information content (AvgIpc) is 2.47. The maximum atomic E-state index is 9.31. The number of anilines is 1. The molecule has 1 aromatic rings. The zero-order chi connectivity index (χ0) is 13.7. The maximum Gasteiger partial charge on any atom is 0.129 e. The van der Waals surface area contributed by atoms with Crippen LogP contribution in [0.25, 0.3) is 0 Å². The Hall–Kier alpha value is -1.17. The fourth-order valence-corrected chi connectivity index (χ4v) is 2.41. The zero-order valence-corrected chi connectivity index (χ0v) is 11.5. The van der Waals surface area contributed by atoms with Crippen molar-refractivity contribution in [3.8, 4) is 0 Å². The van der Waals surface area contributed by atoms with E-state index in [9.17, 15) is 5.11 Å². The van der Waals surface area contributed by atoms with Gasteiger partial charge in [0, 0.05) is 38.4 Å². The highest BCUT2D eigenvalue weighted by molar-refractivity contribution is 5.43. The number of hydrogen-bond acceptors (Lipinski definition) is 5. The van der Waals surface area contributed by atoms with E-state index in [1.54, 1.807) is 0 Å². The Labute approximate surface area is 114 Å². The summed E-state index contributed by atoms with van der Waals surface area (Å²) < 4.78 is 0. The number of rotatable bonds is 5. The molecule has 0 bridgehead atoms. The van der Waals surface area contributed by atoms with Crippen LogP contribution >= 0.6 is 0 Å². The Bertz CT molecular complexity index is 381. The number of pyridine rings is 1. The summed E-state index contributed by atoms with van der Waals surface area (Å²) in [6, 6.07) is 3.94. The van der Waals surface area contributed by atoms with Gasteiger partial charge >= 0.3 is 0 Å². The molecule has 0 atom stereocenters. The molecule has 1 saturated heterocycles. The summed E-state index contributed by atoms with van der Waals surface area (Å²) in [6.45, 7) is 6.85. The molecular weight excluding hydrogens is 242 g/mol. The van der Waals surface area contributed by atoms with Crippen molar-refractivity contribution in [2.45, 2.75) is 20.0 Å². The van der Waals surface area contributed by atoms with Crippen LogP contribution in [0.5, 0.6) is 0 Å². The van der Waals surface area contributed by atoms with E-state index >= 15 is 0 Å². The van der Waals surface area contributed by atoms with Crippen LogP contribution in [0, 0.1) is 0 Å². The van der Waals surface area contributed by atoms with Gasteiger partial charge in [0.2, 0.25) is 0 Å². The lowest BCUT2D eigenvalue weighted by Gasteiger charge is -2.35. The molecule has 1 aliphatic heterocycles. The first kappa shape index (κ1) is 14.2. The lowest BCUT2D eigenvalue weighted by molar-refractivity contribution is 0.188. The molecule has 1 aromatic heterocycles. The third-order valence-corrected chi connectivity index (χ3v) is 3.58. The molecule has 0 aromatic carbocycles. The van der Waals surface area contributed by atoms with Crippen LogP contribution in [0.1, 0.15) is 18.2 Å². The number of aliphatic hydroxyl groups is 2. The molecule has 0 radical (unpaired) electrons. The van der Waals surface area contributed by atoms with Crippen LogP contribution in [-0.4, -0.2) is 59.4 Å². The Kier molecular flexibility index (Phi) is 5.13. The number of aliphatic hydroxyl groups excluding tert-OH is 2. The number of β-amino-alcohol motifs (C(OH)–C–C–N with tert-alkyl or cyclic N) is 1. The molecule has 1 fully saturated rings. The van der Waals surface area contributed by atoms with E-state index in [1.807, 2.05) is 12.1 Å². The van der Waals surface area contributed by atoms with E-state index in [-0.39, 0.29) is 13.2 Å². The average molecular weight is 265 g/mol. The van der Waals surface area contributed by atoms with Crippen molar-refractivity contribution in [3.05, 3.63) is 23.4 Å².